The quantitative estimate of drug-likeness (QED) is 0.520. The van der Waals surface area contributed by atoms with Crippen molar-refractivity contribution in [2.75, 3.05) is 54.2 Å². The molecule has 1 aliphatic heterocycles. The fraction of sp³-hybridized carbons (Fsp3) is 0.261. The van der Waals surface area contributed by atoms with Crippen LogP contribution in [0.5, 0.6) is 5.75 Å². The Balaban J connectivity index is 1.37. The Morgan fingerprint density at radius 3 is 2.53 bits per heavy atom. The number of halogens is 1. The largest absolute Gasteiger partial charge is 0.495 e. The van der Waals surface area contributed by atoms with Gasteiger partial charge in [0, 0.05) is 49.3 Å². The number of nitrogens with one attached hydrogen (secondary N) is 1. The van der Waals surface area contributed by atoms with Gasteiger partial charge in [0.2, 0.25) is 5.91 Å². The minimum absolute atomic E-state index is 0.166. The highest BCUT2D eigenvalue weighted by atomic mass is 35.5. The molecule has 2 heterocycles. The molecule has 0 radical (unpaired) electrons. The molecule has 0 saturated carbocycles. The lowest BCUT2D eigenvalue weighted by atomic mass is 10.2. The first kappa shape index (κ1) is 22.2. The highest BCUT2D eigenvalue weighted by Gasteiger charge is 2.21. The molecule has 4 rings (SSSR count). The van der Waals surface area contributed by atoms with E-state index in [1.807, 2.05) is 6.07 Å². The summed E-state index contributed by atoms with van der Waals surface area (Å²) < 4.78 is 5.29. The molecule has 1 aliphatic rings. The average Bonchev–Trinajstić information content (AvgIpc) is 2.84. The molecule has 3 aromatic rings. The van der Waals surface area contributed by atoms with Crippen LogP contribution in [0.4, 0.5) is 17.2 Å². The van der Waals surface area contributed by atoms with Crippen LogP contribution in [0.3, 0.4) is 0 Å². The molecule has 0 aliphatic carbocycles. The molecule has 1 fully saturated rings. The first-order chi connectivity index (χ1) is 15.6. The molecule has 1 saturated heterocycles. The van der Waals surface area contributed by atoms with Crippen molar-refractivity contribution in [1.82, 2.24) is 9.97 Å². The molecule has 1 aromatic heterocycles. The summed E-state index contributed by atoms with van der Waals surface area (Å²) in [5.74, 6) is 1.41. The van der Waals surface area contributed by atoms with Crippen LogP contribution in [0, 0.1) is 0 Å². The molecule has 0 unspecified atom stereocenters. The minimum Gasteiger partial charge on any atom is -0.495 e. The second-order valence-corrected chi connectivity index (χ2v) is 8.58. The number of thioether (sulfide) groups is 1. The number of aromatic nitrogens is 2. The molecule has 0 atom stereocenters. The Bertz CT molecular complexity index is 1060. The smallest absolute Gasteiger partial charge is 0.234 e. The summed E-state index contributed by atoms with van der Waals surface area (Å²) in [7, 11) is 1.55. The van der Waals surface area contributed by atoms with Crippen LogP contribution in [0.25, 0.3) is 0 Å². The van der Waals surface area contributed by atoms with Crippen molar-refractivity contribution < 1.29 is 9.53 Å². The van der Waals surface area contributed by atoms with Gasteiger partial charge in [0.15, 0.2) is 5.82 Å². The van der Waals surface area contributed by atoms with E-state index in [1.54, 1.807) is 37.7 Å². The minimum atomic E-state index is -0.166. The Morgan fingerprint density at radius 1 is 1.06 bits per heavy atom. The van der Waals surface area contributed by atoms with Crippen molar-refractivity contribution in [3.63, 3.8) is 0 Å². The Kier molecular flexibility index (Phi) is 7.34. The average molecular weight is 470 g/mol. The molecular weight excluding hydrogens is 446 g/mol. The molecule has 7 nitrogen and oxygen atoms in total. The summed E-state index contributed by atoms with van der Waals surface area (Å²) in [6.45, 7) is 3.49. The molecule has 0 spiro atoms. The monoisotopic (exact) mass is 469 g/mol. The first-order valence-corrected chi connectivity index (χ1v) is 11.6. The van der Waals surface area contributed by atoms with Gasteiger partial charge >= 0.3 is 0 Å². The maximum atomic E-state index is 12.6. The van der Waals surface area contributed by atoms with Crippen LogP contribution in [0.1, 0.15) is 0 Å². The third-order valence-electron chi connectivity index (χ3n) is 5.12. The van der Waals surface area contributed by atoms with Gasteiger partial charge in [0.25, 0.3) is 0 Å². The number of rotatable bonds is 7. The SMILES string of the molecule is COc1ccc(Cl)cc1NC(=O)CSc1nccnc1N1CCN(c2ccccc2)CC1. The number of hydrogen-bond acceptors (Lipinski definition) is 7. The lowest BCUT2D eigenvalue weighted by Crippen LogP contribution is -2.47. The van der Waals surface area contributed by atoms with Crippen LogP contribution < -0.4 is 19.9 Å². The lowest BCUT2D eigenvalue weighted by molar-refractivity contribution is -0.113. The number of hydrogen-bond donors (Lipinski definition) is 1. The Morgan fingerprint density at radius 2 is 1.78 bits per heavy atom. The lowest BCUT2D eigenvalue weighted by Gasteiger charge is -2.37. The highest BCUT2D eigenvalue weighted by Crippen LogP contribution is 2.30. The number of anilines is 3. The van der Waals surface area contributed by atoms with E-state index >= 15 is 0 Å². The van der Waals surface area contributed by atoms with Crippen molar-refractivity contribution in [3.05, 3.63) is 65.9 Å². The molecule has 2 aromatic carbocycles. The zero-order valence-electron chi connectivity index (χ0n) is 17.7. The maximum absolute atomic E-state index is 12.6. The highest BCUT2D eigenvalue weighted by molar-refractivity contribution is 8.00. The third-order valence-corrected chi connectivity index (χ3v) is 6.33. The predicted molar refractivity (Wildman–Crippen MR) is 130 cm³/mol. The normalized spacial score (nSPS) is 13.7. The molecule has 166 valence electrons. The van der Waals surface area contributed by atoms with Gasteiger partial charge in [-0.25, -0.2) is 9.97 Å². The van der Waals surface area contributed by atoms with Crippen LogP contribution in [0.2, 0.25) is 5.02 Å². The van der Waals surface area contributed by atoms with Crippen LogP contribution in [-0.4, -0.2) is 54.9 Å². The van der Waals surface area contributed by atoms with Gasteiger partial charge in [-0.15, -0.1) is 0 Å². The van der Waals surface area contributed by atoms with E-state index in [2.05, 4.69) is 49.4 Å². The number of methoxy groups -OCH3 is 1. The predicted octanol–water partition coefficient (Wildman–Crippen LogP) is 4.20. The van der Waals surface area contributed by atoms with Crippen LogP contribution in [0.15, 0.2) is 66.0 Å². The Labute approximate surface area is 196 Å². The fourth-order valence-electron chi connectivity index (χ4n) is 3.55. The van der Waals surface area contributed by atoms with E-state index in [1.165, 1.54) is 17.4 Å². The number of para-hydroxylation sites is 1. The number of amides is 1. The number of nitrogens with zero attached hydrogens (tertiary/aromatic N) is 4. The number of carbonyl (C=O) groups is 1. The molecule has 32 heavy (non-hydrogen) atoms. The van der Waals surface area contributed by atoms with E-state index in [0.717, 1.165) is 37.0 Å². The summed E-state index contributed by atoms with van der Waals surface area (Å²) in [6.07, 6.45) is 3.35. The summed E-state index contributed by atoms with van der Waals surface area (Å²) in [4.78, 5) is 26.2. The van der Waals surface area contributed by atoms with Crippen molar-refractivity contribution in [2.45, 2.75) is 5.03 Å². The van der Waals surface area contributed by atoms with Gasteiger partial charge < -0.3 is 19.9 Å². The third kappa shape index (κ3) is 5.44. The van der Waals surface area contributed by atoms with Gasteiger partial charge in [-0.05, 0) is 30.3 Å². The van der Waals surface area contributed by atoms with E-state index in [0.29, 0.717) is 16.5 Å². The van der Waals surface area contributed by atoms with Gasteiger partial charge in [-0.2, -0.15) is 0 Å². The first-order valence-electron chi connectivity index (χ1n) is 10.3. The standard InChI is InChI=1S/C23H24ClN5O2S/c1-31-20-8-7-17(24)15-19(20)27-21(30)16-32-23-22(25-9-10-26-23)29-13-11-28(12-14-29)18-5-3-2-4-6-18/h2-10,15H,11-14,16H2,1H3,(H,27,30). The van der Waals surface area contributed by atoms with Gasteiger partial charge in [-0.3, -0.25) is 4.79 Å². The second kappa shape index (κ2) is 10.6. The molecular formula is C23H24ClN5O2S. The molecule has 0 bridgehead atoms. The van der Waals surface area contributed by atoms with Crippen LogP contribution >= 0.6 is 23.4 Å². The van der Waals surface area contributed by atoms with Crippen molar-refractivity contribution in [2.24, 2.45) is 0 Å². The van der Waals surface area contributed by atoms with Crippen molar-refractivity contribution >= 4 is 46.5 Å². The van der Waals surface area contributed by atoms with E-state index < -0.39 is 0 Å². The van der Waals surface area contributed by atoms with E-state index in [-0.39, 0.29) is 11.7 Å². The fourth-order valence-corrected chi connectivity index (χ4v) is 4.51. The van der Waals surface area contributed by atoms with Gasteiger partial charge in [-0.1, -0.05) is 41.6 Å². The van der Waals surface area contributed by atoms with Crippen molar-refractivity contribution in [1.29, 1.82) is 0 Å². The summed E-state index contributed by atoms with van der Waals surface area (Å²) >= 11 is 7.42. The number of carbonyl (C=O) groups excluding carboxylic acids is 1. The number of piperazine rings is 1. The topological polar surface area (TPSA) is 70.6 Å². The Hall–Kier alpha value is -2.97. The molecule has 1 N–H and O–H groups in total. The van der Waals surface area contributed by atoms with E-state index in [9.17, 15) is 4.79 Å². The van der Waals surface area contributed by atoms with Gasteiger partial charge in [0.05, 0.1) is 18.6 Å². The summed E-state index contributed by atoms with van der Waals surface area (Å²) in [6, 6.07) is 15.5. The zero-order chi connectivity index (χ0) is 22.3. The summed E-state index contributed by atoms with van der Waals surface area (Å²) in [5, 5.41) is 4.13. The maximum Gasteiger partial charge on any atom is 0.234 e. The van der Waals surface area contributed by atoms with E-state index in [4.69, 9.17) is 16.3 Å². The molecule has 9 heteroatoms. The zero-order valence-corrected chi connectivity index (χ0v) is 19.3. The second-order valence-electron chi connectivity index (χ2n) is 7.18. The number of ether oxygens (including phenoxy) is 1. The molecule has 1 amide bonds. The number of benzene rings is 2. The summed E-state index contributed by atoms with van der Waals surface area (Å²) in [5.41, 5.74) is 1.77. The van der Waals surface area contributed by atoms with Gasteiger partial charge in [0.1, 0.15) is 10.8 Å². The van der Waals surface area contributed by atoms with Crippen molar-refractivity contribution in [3.8, 4) is 5.75 Å². The van der Waals surface area contributed by atoms with Crippen LogP contribution in [-0.2, 0) is 4.79 Å².